The molecule has 0 unspecified atom stereocenters. The van der Waals surface area contributed by atoms with E-state index < -0.39 is 0 Å². The molecular formula is C13H28N2OS. The first kappa shape index (κ1) is 15.3. The highest BCUT2D eigenvalue weighted by atomic mass is 32.2. The van der Waals surface area contributed by atoms with Crippen molar-refractivity contribution in [1.82, 2.24) is 10.6 Å². The van der Waals surface area contributed by atoms with E-state index in [2.05, 4.69) is 22.4 Å². The average molecular weight is 260 g/mol. The third-order valence-corrected chi connectivity index (χ3v) is 4.31. The molecule has 17 heavy (non-hydrogen) atoms. The van der Waals surface area contributed by atoms with Gasteiger partial charge in [0.25, 0.3) is 0 Å². The van der Waals surface area contributed by atoms with E-state index in [1.807, 2.05) is 0 Å². The van der Waals surface area contributed by atoms with Crippen molar-refractivity contribution in [1.29, 1.82) is 0 Å². The van der Waals surface area contributed by atoms with Gasteiger partial charge in [0.2, 0.25) is 0 Å². The first-order valence-corrected chi connectivity index (χ1v) is 8.07. The van der Waals surface area contributed by atoms with Crippen molar-refractivity contribution in [3.63, 3.8) is 0 Å². The summed E-state index contributed by atoms with van der Waals surface area (Å²) in [7, 11) is 1.74. The molecule has 0 aromatic heterocycles. The number of methoxy groups -OCH3 is 1. The molecule has 1 rings (SSSR count). The van der Waals surface area contributed by atoms with E-state index in [1.165, 1.54) is 43.7 Å². The van der Waals surface area contributed by atoms with Crippen molar-refractivity contribution >= 4 is 11.8 Å². The third kappa shape index (κ3) is 8.89. The minimum Gasteiger partial charge on any atom is -0.383 e. The maximum Gasteiger partial charge on any atom is 0.0587 e. The van der Waals surface area contributed by atoms with Crippen molar-refractivity contribution in [3.05, 3.63) is 0 Å². The Labute approximate surface area is 110 Å². The Morgan fingerprint density at radius 2 is 1.76 bits per heavy atom. The van der Waals surface area contributed by atoms with Crippen LogP contribution in [0.4, 0.5) is 0 Å². The van der Waals surface area contributed by atoms with E-state index in [1.54, 1.807) is 7.11 Å². The minimum atomic E-state index is 0.813. The van der Waals surface area contributed by atoms with Crippen LogP contribution in [0.3, 0.4) is 0 Å². The van der Waals surface area contributed by atoms with Gasteiger partial charge in [-0.2, -0.15) is 11.8 Å². The molecule has 0 radical (unpaired) electrons. The van der Waals surface area contributed by atoms with Gasteiger partial charge >= 0.3 is 0 Å². The highest BCUT2D eigenvalue weighted by Gasteiger charge is 2.12. The Hall–Kier alpha value is 0.230. The second-order valence-corrected chi connectivity index (χ2v) is 5.92. The maximum atomic E-state index is 4.97. The van der Waals surface area contributed by atoms with Crippen LogP contribution in [0.15, 0.2) is 0 Å². The van der Waals surface area contributed by atoms with Gasteiger partial charge in [-0.25, -0.2) is 0 Å². The van der Waals surface area contributed by atoms with E-state index in [9.17, 15) is 0 Å². The second kappa shape index (κ2) is 11.3. The average Bonchev–Trinajstić information content (AvgIpc) is 2.38. The van der Waals surface area contributed by atoms with Gasteiger partial charge in [-0.3, -0.25) is 0 Å². The largest absolute Gasteiger partial charge is 0.383 e. The number of nitrogens with one attached hydrogen (secondary N) is 2. The predicted molar refractivity (Wildman–Crippen MR) is 76.9 cm³/mol. The molecular weight excluding hydrogens is 232 g/mol. The van der Waals surface area contributed by atoms with Crippen molar-refractivity contribution in [3.8, 4) is 0 Å². The van der Waals surface area contributed by atoms with Crippen LogP contribution in [-0.2, 0) is 4.74 Å². The molecule has 1 aliphatic heterocycles. The number of hydrogen-bond donors (Lipinski definition) is 2. The first-order chi connectivity index (χ1) is 8.43. The zero-order valence-electron chi connectivity index (χ0n) is 11.2. The van der Waals surface area contributed by atoms with Gasteiger partial charge in [0.05, 0.1) is 6.61 Å². The fraction of sp³-hybridized carbons (Fsp3) is 1.00. The van der Waals surface area contributed by atoms with Gasteiger partial charge in [0.15, 0.2) is 0 Å². The van der Waals surface area contributed by atoms with Crippen LogP contribution in [0.2, 0.25) is 0 Å². The molecule has 0 saturated carbocycles. The van der Waals surface area contributed by atoms with Crippen LogP contribution in [-0.4, -0.2) is 51.4 Å². The van der Waals surface area contributed by atoms with Crippen LogP contribution < -0.4 is 10.6 Å². The molecule has 1 saturated heterocycles. The van der Waals surface area contributed by atoms with Crippen molar-refractivity contribution in [2.24, 2.45) is 5.92 Å². The molecule has 0 bridgehead atoms. The Morgan fingerprint density at radius 1 is 1.06 bits per heavy atom. The molecule has 0 aromatic rings. The van der Waals surface area contributed by atoms with Crippen LogP contribution in [0.1, 0.15) is 25.7 Å². The molecule has 102 valence electrons. The van der Waals surface area contributed by atoms with E-state index in [0.29, 0.717) is 0 Å². The smallest absolute Gasteiger partial charge is 0.0587 e. The van der Waals surface area contributed by atoms with E-state index in [-0.39, 0.29) is 0 Å². The normalized spacial score (nSPS) is 17.5. The highest BCUT2D eigenvalue weighted by molar-refractivity contribution is 7.99. The van der Waals surface area contributed by atoms with Crippen molar-refractivity contribution in [2.75, 3.05) is 51.4 Å². The lowest BCUT2D eigenvalue weighted by Gasteiger charge is -2.21. The lowest BCUT2D eigenvalue weighted by molar-refractivity contribution is 0.199. The molecule has 2 N–H and O–H groups in total. The quantitative estimate of drug-likeness (QED) is 0.586. The summed E-state index contributed by atoms with van der Waals surface area (Å²) in [6.45, 7) is 5.22. The van der Waals surface area contributed by atoms with Gasteiger partial charge in [-0.05, 0) is 62.7 Å². The third-order valence-electron chi connectivity index (χ3n) is 3.26. The molecule has 0 aliphatic carbocycles. The lowest BCUT2D eigenvalue weighted by atomic mass is 9.99. The summed E-state index contributed by atoms with van der Waals surface area (Å²) in [6.07, 6.45) is 5.46. The fourth-order valence-electron chi connectivity index (χ4n) is 2.10. The molecule has 0 amide bonds. The summed E-state index contributed by atoms with van der Waals surface area (Å²) < 4.78 is 4.97. The van der Waals surface area contributed by atoms with Crippen molar-refractivity contribution in [2.45, 2.75) is 25.7 Å². The van der Waals surface area contributed by atoms with Gasteiger partial charge in [-0.15, -0.1) is 0 Å². The highest BCUT2D eigenvalue weighted by Crippen LogP contribution is 2.24. The first-order valence-electron chi connectivity index (χ1n) is 6.91. The number of ether oxygens (including phenoxy) is 1. The van der Waals surface area contributed by atoms with Gasteiger partial charge in [0, 0.05) is 13.7 Å². The van der Waals surface area contributed by atoms with Gasteiger partial charge in [-0.1, -0.05) is 0 Å². The molecule has 1 heterocycles. The molecule has 3 nitrogen and oxygen atoms in total. The van der Waals surface area contributed by atoms with E-state index in [4.69, 9.17) is 4.74 Å². The Bertz CT molecular complexity index is 163. The standard InChI is InChI=1S/C13H28N2OS/c1-16-10-9-15-7-2-6-14-8-3-13-4-11-17-12-5-13/h13-15H,2-12H2,1H3. The number of thioether (sulfide) groups is 1. The van der Waals surface area contributed by atoms with Crippen LogP contribution in [0.25, 0.3) is 0 Å². The second-order valence-electron chi connectivity index (χ2n) is 4.69. The lowest BCUT2D eigenvalue weighted by Crippen LogP contribution is -2.26. The zero-order valence-corrected chi connectivity index (χ0v) is 12.0. The van der Waals surface area contributed by atoms with E-state index in [0.717, 1.165) is 32.2 Å². The molecule has 0 aromatic carbocycles. The molecule has 0 atom stereocenters. The zero-order chi connectivity index (χ0) is 12.2. The summed E-state index contributed by atoms with van der Waals surface area (Å²) in [5.74, 6) is 3.76. The summed E-state index contributed by atoms with van der Waals surface area (Å²) >= 11 is 2.12. The Kier molecular flexibility index (Phi) is 10.2. The summed E-state index contributed by atoms with van der Waals surface area (Å²) in [5.41, 5.74) is 0. The molecule has 1 aliphatic rings. The summed E-state index contributed by atoms with van der Waals surface area (Å²) in [4.78, 5) is 0. The van der Waals surface area contributed by atoms with Gasteiger partial charge < -0.3 is 15.4 Å². The Morgan fingerprint density at radius 3 is 2.47 bits per heavy atom. The van der Waals surface area contributed by atoms with Crippen molar-refractivity contribution < 1.29 is 4.74 Å². The monoisotopic (exact) mass is 260 g/mol. The maximum absolute atomic E-state index is 4.97. The number of hydrogen-bond acceptors (Lipinski definition) is 4. The Balaban J connectivity index is 1.75. The van der Waals surface area contributed by atoms with Crippen LogP contribution in [0.5, 0.6) is 0 Å². The minimum absolute atomic E-state index is 0.813. The topological polar surface area (TPSA) is 33.3 Å². The fourth-order valence-corrected chi connectivity index (χ4v) is 3.31. The molecule has 1 fully saturated rings. The predicted octanol–water partition coefficient (Wildman–Crippen LogP) is 1.74. The summed E-state index contributed by atoms with van der Waals surface area (Å²) in [6, 6.07) is 0. The van der Waals surface area contributed by atoms with Crippen LogP contribution in [0, 0.1) is 5.92 Å². The molecule has 4 heteroatoms. The van der Waals surface area contributed by atoms with Crippen LogP contribution >= 0.6 is 11.8 Å². The van der Waals surface area contributed by atoms with E-state index >= 15 is 0 Å². The SMILES string of the molecule is COCCNCCCNCCC1CCSCC1. The van der Waals surface area contributed by atoms with Gasteiger partial charge in [0.1, 0.15) is 0 Å². The summed E-state index contributed by atoms with van der Waals surface area (Å²) in [5, 5.41) is 6.90. The number of rotatable bonds is 10. The molecule has 0 spiro atoms.